The van der Waals surface area contributed by atoms with Crippen LogP contribution in [0.15, 0.2) is 52.1 Å². The molecule has 0 aliphatic heterocycles. The predicted molar refractivity (Wildman–Crippen MR) is 113 cm³/mol. The van der Waals surface area contributed by atoms with Crippen LogP contribution in [0.2, 0.25) is 0 Å². The maximum absolute atomic E-state index is 5.55. The fourth-order valence-corrected chi connectivity index (χ4v) is 2.36. The molecule has 0 unspecified atom stereocenters. The summed E-state index contributed by atoms with van der Waals surface area (Å²) in [6, 6.07) is 12.4. The largest absolute Gasteiger partial charge is 0.467 e. The van der Waals surface area contributed by atoms with E-state index in [4.69, 9.17) is 9.15 Å². The molecule has 25 heavy (non-hydrogen) atoms. The first kappa shape index (κ1) is 21.5. The van der Waals surface area contributed by atoms with Crippen molar-refractivity contribution >= 4 is 29.9 Å². The number of nitrogens with one attached hydrogen (secondary N) is 2. The Labute approximate surface area is 167 Å². The van der Waals surface area contributed by atoms with Crippen molar-refractivity contribution in [2.45, 2.75) is 26.4 Å². The molecule has 1 aromatic heterocycles. The van der Waals surface area contributed by atoms with E-state index in [0.29, 0.717) is 13.2 Å². The second-order valence-electron chi connectivity index (χ2n) is 5.65. The van der Waals surface area contributed by atoms with E-state index in [1.54, 1.807) is 13.3 Å². The number of hydrogen-bond acceptors (Lipinski definition) is 3. The lowest BCUT2D eigenvalue weighted by Crippen LogP contribution is -2.39. The van der Waals surface area contributed by atoms with Gasteiger partial charge in [0.15, 0.2) is 5.96 Å². The van der Waals surface area contributed by atoms with Crippen molar-refractivity contribution in [3.8, 4) is 0 Å². The summed E-state index contributed by atoms with van der Waals surface area (Å²) in [4.78, 5) is 4.23. The number of hydrogen-bond donors (Lipinski definition) is 2. The molecule has 0 spiro atoms. The summed E-state index contributed by atoms with van der Waals surface area (Å²) in [6.07, 6.45) is 3.56. The summed E-state index contributed by atoms with van der Waals surface area (Å²) in [7, 11) is 1.79. The number of aliphatic imine (C=N–C) groups is 1. The summed E-state index contributed by atoms with van der Waals surface area (Å²) < 4.78 is 10.8. The van der Waals surface area contributed by atoms with Crippen molar-refractivity contribution in [3.63, 3.8) is 0 Å². The van der Waals surface area contributed by atoms with Crippen LogP contribution in [0.3, 0.4) is 0 Å². The van der Waals surface area contributed by atoms with Gasteiger partial charge in [-0.05, 0) is 37.5 Å². The minimum absolute atomic E-state index is 0. The van der Waals surface area contributed by atoms with Gasteiger partial charge in [0.2, 0.25) is 0 Å². The highest BCUT2D eigenvalue weighted by Gasteiger charge is 1.99. The number of benzene rings is 1. The average molecular weight is 457 g/mol. The van der Waals surface area contributed by atoms with Crippen molar-refractivity contribution in [3.05, 3.63) is 59.5 Å². The number of furan rings is 1. The average Bonchev–Trinajstić information content (AvgIpc) is 3.09. The molecule has 0 radical (unpaired) electrons. The lowest BCUT2D eigenvalue weighted by molar-refractivity contribution is 0.105. The number of halogens is 1. The van der Waals surface area contributed by atoms with Crippen LogP contribution in [0, 0.1) is 6.92 Å². The summed E-state index contributed by atoms with van der Waals surface area (Å²) in [5.41, 5.74) is 2.63. The molecule has 2 aromatic rings. The molecule has 2 rings (SSSR count). The van der Waals surface area contributed by atoms with E-state index in [1.807, 2.05) is 12.1 Å². The van der Waals surface area contributed by atoms with Gasteiger partial charge in [0.1, 0.15) is 12.4 Å². The monoisotopic (exact) mass is 457 g/mol. The molecule has 0 bridgehead atoms. The zero-order chi connectivity index (χ0) is 17.0. The van der Waals surface area contributed by atoms with Gasteiger partial charge in [0.05, 0.1) is 6.26 Å². The van der Waals surface area contributed by atoms with Crippen molar-refractivity contribution in [2.24, 2.45) is 4.99 Å². The third kappa shape index (κ3) is 8.92. The van der Waals surface area contributed by atoms with E-state index < -0.39 is 0 Å². The summed E-state index contributed by atoms with van der Waals surface area (Å²) in [5, 5.41) is 6.63. The van der Waals surface area contributed by atoms with Gasteiger partial charge < -0.3 is 19.8 Å². The zero-order valence-electron chi connectivity index (χ0n) is 15.0. The zero-order valence-corrected chi connectivity index (χ0v) is 17.3. The molecular weight excluding hydrogens is 429 g/mol. The number of guanidine groups is 1. The highest BCUT2D eigenvalue weighted by molar-refractivity contribution is 14.0. The van der Waals surface area contributed by atoms with Crippen LogP contribution in [0.4, 0.5) is 0 Å². The minimum atomic E-state index is 0. The Morgan fingerprint density at radius 2 is 2.00 bits per heavy atom. The van der Waals surface area contributed by atoms with Crippen molar-refractivity contribution < 1.29 is 9.15 Å². The van der Waals surface area contributed by atoms with Gasteiger partial charge in [-0.1, -0.05) is 29.8 Å². The van der Waals surface area contributed by atoms with E-state index >= 15 is 0 Å². The third-order valence-electron chi connectivity index (χ3n) is 3.59. The SMILES string of the molecule is CN=C(NCCCOCc1ccco1)NCCc1cccc(C)c1.I. The maximum Gasteiger partial charge on any atom is 0.190 e. The van der Waals surface area contributed by atoms with Crippen LogP contribution in [-0.2, 0) is 17.8 Å². The quantitative estimate of drug-likeness (QED) is 0.262. The molecule has 6 heteroatoms. The lowest BCUT2D eigenvalue weighted by atomic mass is 10.1. The summed E-state index contributed by atoms with van der Waals surface area (Å²) in [5.74, 6) is 1.69. The van der Waals surface area contributed by atoms with Gasteiger partial charge >= 0.3 is 0 Å². The van der Waals surface area contributed by atoms with Gasteiger partial charge in [-0.2, -0.15) is 0 Å². The molecule has 0 aliphatic rings. The molecule has 138 valence electrons. The molecular formula is C19H28IN3O2. The Kier molecular flexibility index (Phi) is 11.0. The normalized spacial score (nSPS) is 11.0. The number of aryl methyl sites for hydroxylation is 1. The lowest BCUT2D eigenvalue weighted by Gasteiger charge is -2.12. The molecule has 0 fully saturated rings. The molecule has 1 aromatic carbocycles. The molecule has 0 aliphatic carbocycles. The van der Waals surface area contributed by atoms with E-state index in [2.05, 4.69) is 46.8 Å². The summed E-state index contributed by atoms with van der Waals surface area (Å²) in [6.45, 7) is 5.01. The number of nitrogens with zero attached hydrogens (tertiary/aromatic N) is 1. The predicted octanol–water partition coefficient (Wildman–Crippen LogP) is 3.52. The minimum Gasteiger partial charge on any atom is -0.467 e. The first-order valence-electron chi connectivity index (χ1n) is 8.38. The highest BCUT2D eigenvalue weighted by atomic mass is 127. The van der Waals surface area contributed by atoms with Crippen molar-refractivity contribution in [1.82, 2.24) is 10.6 Å². The van der Waals surface area contributed by atoms with E-state index in [0.717, 1.165) is 37.7 Å². The number of rotatable bonds is 9. The molecule has 0 amide bonds. The molecule has 5 nitrogen and oxygen atoms in total. The second kappa shape index (κ2) is 12.8. The second-order valence-corrected chi connectivity index (χ2v) is 5.65. The Bertz CT molecular complexity index is 615. The molecule has 0 atom stereocenters. The van der Waals surface area contributed by atoms with Gasteiger partial charge in [0.25, 0.3) is 0 Å². The maximum atomic E-state index is 5.55. The molecule has 0 saturated heterocycles. The van der Waals surface area contributed by atoms with E-state index in [-0.39, 0.29) is 24.0 Å². The smallest absolute Gasteiger partial charge is 0.190 e. The van der Waals surface area contributed by atoms with Crippen molar-refractivity contribution in [2.75, 3.05) is 26.7 Å². The highest BCUT2D eigenvalue weighted by Crippen LogP contribution is 2.04. The van der Waals surface area contributed by atoms with Crippen LogP contribution in [0.25, 0.3) is 0 Å². The van der Waals surface area contributed by atoms with Gasteiger partial charge in [0, 0.05) is 26.7 Å². The van der Waals surface area contributed by atoms with Crippen LogP contribution in [0.5, 0.6) is 0 Å². The van der Waals surface area contributed by atoms with E-state index in [1.165, 1.54) is 11.1 Å². The van der Waals surface area contributed by atoms with Gasteiger partial charge in [-0.15, -0.1) is 24.0 Å². The molecule has 1 heterocycles. The fourth-order valence-electron chi connectivity index (χ4n) is 2.36. The van der Waals surface area contributed by atoms with E-state index in [9.17, 15) is 0 Å². The Morgan fingerprint density at radius 3 is 2.72 bits per heavy atom. The molecule has 0 saturated carbocycles. The Hall–Kier alpha value is -1.54. The van der Waals surface area contributed by atoms with Crippen LogP contribution in [0.1, 0.15) is 23.3 Å². The fraction of sp³-hybridized carbons (Fsp3) is 0.421. The van der Waals surface area contributed by atoms with Crippen molar-refractivity contribution in [1.29, 1.82) is 0 Å². The standard InChI is InChI=1S/C19H27N3O2.HI/c1-16-6-3-7-17(14-16)9-11-22-19(20-2)21-10-5-12-23-15-18-8-4-13-24-18;/h3-4,6-8,13-14H,5,9-12,15H2,1-2H3,(H2,20,21,22);1H. The van der Waals surface area contributed by atoms with Crippen LogP contribution >= 0.6 is 24.0 Å². The third-order valence-corrected chi connectivity index (χ3v) is 3.59. The first-order valence-corrected chi connectivity index (χ1v) is 8.38. The number of ether oxygens (including phenoxy) is 1. The van der Waals surface area contributed by atoms with Crippen LogP contribution < -0.4 is 10.6 Å². The molecule has 2 N–H and O–H groups in total. The first-order chi connectivity index (χ1) is 11.8. The Balaban J connectivity index is 0.00000312. The Morgan fingerprint density at radius 1 is 1.16 bits per heavy atom. The van der Waals surface area contributed by atoms with Gasteiger partial charge in [-0.3, -0.25) is 4.99 Å². The topological polar surface area (TPSA) is 58.8 Å². The summed E-state index contributed by atoms with van der Waals surface area (Å²) >= 11 is 0. The van der Waals surface area contributed by atoms with Crippen LogP contribution in [-0.4, -0.2) is 32.7 Å². The van der Waals surface area contributed by atoms with Gasteiger partial charge in [-0.25, -0.2) is 0 Å².